The maximum absolute atomic E-state index is 12.4. The van der Waals surface area contributed by atoms with E-state index in [1.807, 2.05) is 44.2 Å². The van der Waals surface area contributed by atoms with Gasteiger partial charge in [-0.25, -0.2) is 0 Å². The van der Waals surface area contributed by atoms with Gasteiger partial charge < -0.3 is 10.1 Å². The number of anilines is 1. The summed E-state index contributed by atoms with van der Waals surface area (Å²) in [6.45, 7) is 3.62. The Hall–Kier alpha value is -2.32. The highest BCUT2D eigenvalue weighted by atomic mass is 32.1. The number of nitrogens with one attached hydrogen (secondary N) is 2. The topological polar surface area (TPSA) is 93.2 Å². The summed E-state index contributed by atoms with van der Waals surface area (Å²) in [4.78, 5) is 24.1. The first-order valence-corrected chi connectivity index (χ1v) is 8.31. The number of hydrogen-bond acceptors (Lipinski definition) is 6. The van der Waals surface area contributed by atoms with Gasteiger partial charge >= 0.3 is 0 Å². The molecule has 2 amide bonds. The molecule has 0 saturated heterocycles. The molecule has 2 N–H and O–H groups in total. The molecule has 0 fully saturated rings. The summed E-state index contributed by atoms with van der Waals surface area (Å²) in [5, 5.41) is 14.5. The van der Waals surface area contributed by atoms with Crippen LogP contribution in [0.3, 0.4) is 0 Å². The second kappa shape index (κ2) is 8.51. The largest absolute Gasteiger partial charge is 0.375 e. The van der Waals surface area contributed by atoms with Crippen LogP contribution in [0, 0.1) is 5.92 Å². The van der Waals surface area contributed by atoms with Gasteiger partial charge in [0.1, 0.15) is 17.7 Å². The fourth-order valence-electron chi connectivity index (χ4n) is 2.04. The highest BCUT2D eigenvalue weighted by Crippen LogP contribution is 2.26. The smallest absolute Gasteiger partial charge is 0.249 e. The van der Waals surface area contributed by atoms with Crippen molar-refractivity contribution in [3.8, 4) is 10.6 Å². The van der Waals surface area contributed by atoms with Gasteiger partial charge in [0.2, 0.25) is 16.9 Å². The number of carbonyl (C=O) groups excluding carboxylic acids is 2. The standard InChI is InChI=1S/C16H20N4O3S/c1-10(2)13(17-12(21)9-23-3)14(22)18-16-20-19-15(24-16)11-7-5-4-6-8-11/h4-8,10,13H,9H2,1-3H3,(H,17,21)(H,18,20,22). The molecule has 24 heavy (non-hydrogen) atoms. The number of hydrogen-bond donors (Lipinski definition) is 2. The fraction of sp³-hybridized carbons (Fsp3) is 0.375. The molecule has 1 atom stereocenters. The zero-order valence-electron chi connectivity index (χ0n) is 13.8. The number of amides is 2. The molecule has 0 aliphatic heterocycles. The normalized spacial score (nSPS) is 12.0. The molecule has 0 aliphatic rings. The van der Waals surface area contributed by atoms with E-state index in [1.165, 1.54) is 18.4 Å². The highest BCUT2D eigenvalue weighted by Gasteiger charge is 2.25. The summed E-state index contributed by atoms with van der Waals surface area (Å²) in [6.07, 6.45) is 0. The van der Waals surface area contributed by atoms with Gasteiger partial charge in [0, 0.05) is 12.7 Å². The lowest BCUT2D eigenvalue weighted by Gasteiger charge is -2.20. The molecular weight excluding hydrogens is 328 g/mol. The SMILES string of the molecule is COCC(=O)NC(C(=O)Nc1nnc(-c2ccccc2)s1)C(C)C. The van der Waals surface area contributed by atoms with Crippen LogP contribution in [0.4, 0.5) is 5.13 Å². The average Bonchev–Trinajstić information content (AvgIpc) is 3.02. The Labute approximate surface area is 144 Å². The molecule has 1 aromatic carbocycles. The van der Waals surface area contributed by atoms with Crippen molar-refractivity contribution in [2.75, 3.05) is 19.0 Å². The van der Waals surface area contributed by atoms with E-state index in [2.05, 4.69) is 20.8 Å². The summed E-state index contributed by atoms with van der Waals surface area (Å²) in [7, 11) is 1.43. The van der Waals surface area contributed by atoms with Crippen LogP contribution < -0.4 is 10.6 Å². The van der Waals surface area contributed by atoms with E-state index in [4.69, 9.17) is 4.74 Å². The van der Waals surface area contributed by atoms with E-state index >= 15 is 0 Å². The van der Waals surface area contributed by atoms with Crippen LogP contribution in [0.2, 0.25) is 0 Å². The molecule has 2 aromatic rings. The van der Waals surface area contributed by atoms with Gasteiger partial charge in [0.05, 0.1) is 0 Å². The molecule has 0 bridgehead atoms. The number of benzene rings is 1. The van der Waals surface area contributed by atoms with Gasteiger partial charge in [-0.1, -0.05) is 55.5 Å². The lowest BCUT2D eigenvalue weighted by atomic mass is 10.0. The molecule has 1 unspecified atom stereocenters. The van der Waals surface area contributed by atoms with Gasteiger partial charge in [0.25, 0.3) is 0 Å². The molecule has 128 valence electrons. The molecule has 0 aliphatic carbocycles. The van der Waals surface area contributed by atoms with Crippen molar-refractivity contribution in [2.24, 2.45) is 5.92 Å². The fourth-order valence-corrected chi connectivity index (χ4v) is 2.79. The van der Waals surface area contributed by atoms with E-state index in [9.17, 15) is 9.59 Å². The van der Waals surface area contributed by atoms with Crippen LogP contribution in [0.25, 0.3) is 10.6 Å². The van der Waals surface area contributed by atoms with Crippen molar-refractivity contribution in [1.82, 2.24) is 15.5 Å². The van der Waals surface area contributed by atoms with Crippen LogP contribution >= 0.6 is 11.3 Å². The van der Waals surface area contributed by atoms with E-state index in [-0.39, 0.29) is 24.3 Å². The molecule has 0 saturated carbocycles. The molecule has 2 rings (SSSR count). The molecular formula is C16H20N4O3S. The van der Waals surface area contributed by atoms with Crippen molar-refractivity contribution in [1.29, 1.82) is 0 Å². The van der Waals surface area contributed by atoms with Crippen molar-refractivity contribution in [3.05, 3.63) is 30.3 Å². The summed E-state index contributed by atoms with van der Waals surface area (Å²) in [5.41, 5.74) is 0.935. The predicted octanol–water partition coefficient (Wildman–Crippen LogP) is 1.93. The first-order valence-electron chi connectivity index (χ1n) is 7.49. The molecule has 8 heteroatoms. The zero-order valence-corrected chi connectivity index (χ0v) is 14.6. The minimum absolute atomic E-state index is 0.0766. The van der Waals surface area contributed by atoms with Crippen molar-refractivity contribution in [3.63, 3.8) is 0 Å². The van der Waals surface area contributed by atoms with Gasteiger partial charge in [-0.3, -0.25) is 14.9 Å². The molecule has 1 heterocycles. The van der Waals surface area contributed by atoms with Crippen LogP contribution in [-0.4, -0.2) is 41.8 Å². The minimum atomic E-state index is -0.670. The number of aromatic nitrogens is 2. The second-order valence-electron chi connectivity index (χ2n) is 5.49. The zero-order chi connectivity index (χ0) is 17.5. The monoisotopic (exact) mass is 348 g/mol. The summed E-state index contributed by atoms with van der Waals surface area (Å²) < 4.78 is 4.77. The van der Waals surface area contributed by atoms with Crippen molar-refractivity contribution in [2.45, 2.75) is 19.9 Å². The Bertz CT molecular complexity index is 688. The van der Waals surface area contributed by atoms with E-state index in [0.717, 1.165) is 10.6 Å². The Morgan fingerprint density at radius 1 is 1.21 bits per heavy atom. The lowest BCUT2D eigenvalue weighted by molar-refractivity contribution is -0.129. The second-order valence-corrected chi connectivity index (χ2v) is 6.47. The highest BCUT2D eigenvalue weighted by molar-refractivity contribution is 7.18. The van der Waals surface area contributed by atoms with E-state index in [1.54, 1.807) is 0 Å². The third kappa shape index (κ3) is 4.84. The lowest BCUT2D eigenvalue weighted by Crippen LogP contribution is -2.48. The Morgan fingerprint density at radius 3 is 2.54 bits per heavy atom. The summed E-state index contributed by atoms with van der Waals surface area (Å²) >= 11 is 1.28. The maximum atomic E-state index is 12.4. The first-order chi connectivity index (χ1) is 11.5. The quantitative estimate of drug-likeness (QED) is 0.797. The Balaban J connectivity index is 2.04. The summed E-state index contributed by atoms with van der Waals surface area (Å²) in [5.74, 6) is -0.744. The minimum Gasteiger partial charge on any atom is -0.375 e. The van der Waals surface area contributed by atoms with E-state index < -0.39 is 6.04 Å². The number of methoxy groups -OCH3 is 1. The molecule has 0 spiro atoms. The Kier molecular flexibility index (Phi) is 6.39. The average molecular weight is 348 g/mol. The van der Waals surface area contributed by atoms with E-state index in [0.29, 0.717) is 5.13 Å². The Morgan fingerprint density at radius 2 is 1.92 bits per heavy atom. The predicted molar refractivity (Wildman–Crippen MR) is 92.6 cm³/mol. The summed E-state index contributed by atoms with van der Waals surface area (Å²) in [6, 6.07) is 8.92. The van der Waals surface area contributed by atoms with Crippen molar-refractivity contribution < 1.29 is 14.3 Å². The maximum Gasteiger partial charge on any atom is 0.249 e. The van der Waals surface area contributed by atoms with Gasteiger partial charge in [-0.2, -0.15) is 0 Å². The third-order valence-electron chi connectivity index (χ3n) is 3.22. The van der Waals surface area contributed by atoms with Crippen LogP contribution in [0.1, 0.15) is 13.8 Å². The number of ether oxygens (including phenoxy) is 1. The number of carbonyl (C=O) groups is 2. The molecule has 1 aromatic heterocycles. The first kappa shape index (κ1) is 18.0. The molecule has 7 nitrogen and oxygen atoms in total. The van der Waals surface area contributed by atoms with Crippen LogP contribution in [-0.2, 0) is 14.3 Å². The van der Waals surface area contributed by atoms with Crippen LogP contribution in [0.15, 0.2) is 30.3 Å². The van der Waals surface area contributed by atoms with Crippen molar-refractivity contribution >= 4 is 28.3 Å². The number of nitrogens with zero attached hydrogens (tertiary/aromatic N) is 2. The van der Waals surface area contributed by atoms with Gasteiger partial charge in [-0.05, 0) is 5.92 Å². The van der Waals surface area contributed by atoms with Gasteiger partial charge in [-0.15, -0.1) is 10.2 Å². The number of rotatable bonds is 7. The molecule has 0 radical (unpaired) electrons. The third-order valence-corrected chi connectivity index (χ3v) is 4.10. The van der Waals surface area contributed by atoms with Crippen LogP contribution in [0.5, 0.6) is 0 Å². The van der Waals surface area contributed by atoms with Gasteiger partial charge in [0.15, 0.2) is 0 Å².